The quantitative estimate of drug-likeness (QED) is 0.652. The number of aromatic nitrogens is 1. The van der Waals surface area contributed by atoms with E-state index in [9.17, 15) is 26.4 Å². The van der Waals surface area contributed by atoms with Crippen molar-refractivity contribution < 1.29 is 26.4 Å². The molecular weight excluding hydrogens is 419 g/mol. The number of hydrogen-bond acceptors (Lipinski definition) is 5. The highest BCUT2D eigenvalue weighted by Gasteiger charge is 2.31. The molecule has 0 aliphatic rings. The summed E-state index contributed by atoms with van der Waals surface area (Å²) in [6, 6.07) is 6.99. The zero-order chi connectivity index (χ0) is 20.9. The number of hydrogen-bond donors (Lipinski definition) is 2. The highest BCUT2D eigenvalue weighted by molar-refractivity contribution is 7.89. The molecule has 11 heteroatoms. The van der Waals surface area contributed by atoms with Crippen LogP contribution in [0.4, 0.5) is 19.0 Å². The molecule has 0 spiro atoms. The van der Waals surface area contributed by atoms with Crippen molar-refractivity contribution >= 4 is 33.2 Å². The largest absolute Gasteiger partial charge is 0.417 e. The minimum atomic E-state index is -4.53. The number of alkyl halides is 3. The number of halogens is 4. The predicted octanol–water partition coefficient (Wildman–Crippen LogP) is 3.14. The first kappa shape index (κ1) is 22.0. The third kappa shape index (κ3) is 6.68. The van der Waals surface area contributed by atoms with E-state index >= 15 is 0 Å². The van der Waals surface area contributed by atoms with Gasteiger partial charge >= 0.3 is 6.18 Å². The van der Waals surface area contributed by atoms with E-state index in [4.69, 9.17) is 11.6 Å². The summed E-state index contributed by atoms with van der Waals surface area (Å²) in [4.78, 5) is 15.8. The second-order valence-electron chi connectivity index (χ2n) is 6.01. The SMILES string of the molecule is CS(=O)(=O)Cc1cccc(C(=O)NCCNc2ncc(C(F)(F)F)cc2Cl)c1. The molecular formula is C17H17ClF3N3O3S. The molecule has 1 heterocycles. The molecule has 6 nitrogen and oxygen atoms in total. The van der Waals surface area contributed by atoms with Gasteiger partial charge < -0.3 is 10.6 Å². The van der Waals surface area contributed by atoms with Crippen molar-refractivity contribution in [2.24, 2.45) is 0 Å². The lowest BCUT2D eigenvalue weighted by molar-refractivity contribution is -0.137. The first-order valence-electron chi connectivity index (χ1n) is 7.97. The monoisotopic (exact) mass is 435 g/mol. The van der Waals surface area contributed by atoms with Gasteiger partial charge in [-0.25, -0.2) is 13.4 Å². The van der Waals surface area contributed by atoms with Crippen molar-refractivity contribution in [1.82, 2.24) is 10.3 Å². The minimum absolute atomic E-state index is 0.0686. The second kappa shape index (κ2) is 8.78. The number of amides is 1. The number of carbonyl (C=O) groups excluding carboxylic acids is 1. The van der Waals surface area contributed by atoms with Crippen LogP contribution < -0.4 is 10.6 Å². The molecule has 28 heavy (non-hydrogen) atoms. The zero-order valence-electron chi connectivity index (χ0n) is 14.7. The summed E-state index contributed by atoms with van der Waals surface area (Å²) < 4.78 is 60.4. The molecule has 0 aliphatic heterocycles. The lowest BCUT2D eigenvalue weighted by Crippen LogP contribution is -2.29. The highest BCUT2D eigenvalue weighted by Crippen LogP contribution is 2.32. The van der Waals surface area contributed by atoms with E-state index < -0.39 is 27.5 Å². The van der Waals surface area contributed by atoms with Crippen molar-refractivity contribution in [2.45, 2.75) is 11.9 Å². The fourth-order valence-electron chi connectivity index (χ4n) is 2.29. The van der Waals surface area contributed by atoms with Crippen LogP contribution in [0.25, 0.3) is 0 Å². The number of carbonyl (C=O) groups is 1. The van der Waals surface area contributed by atoms with Crippen LogP contribution in [0.2, 0.25) is 5.02 Å². The van der Waals surface area contributed by atoms with E-state index in [1.807, 2.05) is 0 Å². The first-order chi connectivity index (χ1) is 13.0. The molecule has 0 aliphatic carbocycles. The molecule has 1 aromatic heterocycles. The third-order valence-corrected chi connectivity index (χ3v) is 4.64. The van der Waals surface area contributed by atoms with Crippen molar-refractivity contribution in [2.75, 3.05) is 24.7 Å². The van der Waals surface area contributed by atoms with E-state index in [1.54, 1.807) is 18.2 Å². The molecule has 0 saturated heterocycles. The van der Waals surface area contributed by atoms with Crippen LogP contribution in [0, 0.1) is 0 Å². The molecule has 2 N–H and O–H groups in total. The minimum Gasteiger partial charge on any atom is -0.367 e. The number of nitrogens with one attached hydrogen (secondary N) is 2. The second-order valence-corrected chi connectivity index (χ2v) is 8.55. The van der Waals surface area contributed by atoms with Gasteiger partial charge in [-0.1, -0.05) is 23.7 Å². The molecule has 2 rings (SSSR count). The number of rotatable bonds is 7. The number of sulfone groups is 1. The fourth-order valence-corrected chi connectivity index (χ4v) is 3.31. The number of benzene rings is 1. The topological polar surface area (TPSA) is 88.2 Å². The standard InChI is InChI=1S/C17H17ClF3N3O3S/c1-28(26,27)10-11-3-2-4-12(7-11)16(25)23-6-5-22-15-14(18)8-13(9-24-15)17(19,20)21/h2-4,7-9H,5-6,10H2,1H3,(H,22,24)(H,23,25). The van der Waals surface area contributed by atoms with E-state index in [2.05, 4.69) is 15.6 Å². The Morgan fingerprint density at radius 2 is 1.93 bits per heavy atom. The lowest BCUT2D eigenvalue weighted by Gasteiger charge is -2.11. The van der Waals surface area contributed by atoms with Gasteiger partial charge in [-0.3, -0.25) is 4.79 Å². The average Bonchev–Trinajstić information content (AvgIpc) is 2.57. The Morgan fingerprint density at radius 3 is 2.54 bits per heavy atom. The predicted molar refractivity (Wildman–Crippen MR) is 100 cm³/mol. The lowest BCUT2D eigenvalue weighted by atomic mass is 10.1. The van der Waals surface area contributed by atoms with Crippen molar-refractivity contribution in [1.29, 1.82) is 0 Å². The van der Waals surface area contributed by atoms with Crippen LogP contribution in [0.15, 0.2) is 36.5 Å². The third-order valence-electron chi connectivity index (χ3n) is 3.49. The zero-order valence-corrected chi connectivity index (χ0v) is 16.2. The smallest absolute Gasteiger partial charge is 0.367 e. The Hall–Kier alpha value is -2.33. The van der Waals surface area contributed by atoms with Crippen molar-refractivity contribution in [3.8, 4) is 0 Å². The summed E-state index contributed by atoms with van der Waals surface area (Å²) in [6.07, 6.45) is -2.76. The van der Waals surface area contributed by atoms with Gasteiger partial charge in [0, 0.05) is 31.1 Å². The number of pyridine rings is 1. The maximum Gasteiger partial charge on any atom is 0.417 e. The Kier molecular flexibility index (Phi) is 6.89. The summed E-state index contributed by atoms with van der Waals surface area (Å²) in [5.74, 6) is -0.518. The maximum absolute atomic E-state index is 12.6. The van der Waals surface area contributed by atoms with Crippen LogP contribution in [0.3, 0.4) is 0 Å². The molecule has 0 radical (unpaired) electrons. The van der Waals surface area contributed by atoms with Gasteiger partial charge in [0.05, 0.1) is 16.3 Å². The molecule has 152 valence electrons. The molecule has 1 amide bonds. The highest BCUT2D eigenvalue weighted by atomic mass is 35.5. The molecule has 2 aromatic rings. The van der Waals surface area contributed by atoms with Gasteiger partial charge in [0.1, 0.15) is 5.82 Å². The van der Waals surface area contributed by atoms with Gasteiger partial charge in [-0.15, -0.1) is 0 Å². The van der Waals surface area contributed by atoms with Crippen LogP contribution in [0.5, 0.6) is 0 Å². The average molecular weight is 436 g/mol. The molecule has 0 fully saturated rings. The van der Waals surface area contributed by atoms with E-state index in [0.717, 1.165) is 12.3 Å². The van der Waals surface area contributed by atoms with Crippen LogP contribution in [-0.4, -0.2) is 38.7 Å². The molecule has 0 atom stereocenters. The molecule has 0 unspecified atom stereocenters. The summed E-state index contributed by atoms with van der Waals surface area (Å²) in [5, 5.41) is 5.16. The van der Waals surface area contributed by atoms with Crippen LogP contribution in [-0.2, 0) is 21.8 Å². The Labute approximate surface area is 165 Å². The summed E-state index contributed by atoms with van der Waals surface area (Å²) in [6.45, 7) is 0.320. The summed E-state index contributed by atoms with van der Waals surface area (Å²) in [5.41, 5.74) is -0.161. The molecule has 0 saturated carbocycles. The van der Waals surface area contributed by atoms with Crippen LogP contribution >= 0.6 is 11.6 Å². The van der Waals surface area contributed by atoms with E-state index in [1.165, 1.54) is 6.07 Å². The summed E-state index contributed by atoms with van der Waals surface area (Å²) in [7, 11) is -3.22. The van der Waals surface area contributed by atoms with E-state index in [0.29, 0.717) is 17.3 Å². The van der Waals surface area contributed by atoms with Crippen molar-refractivity contribution in [3.63, 3.8) is 0 Å². The van der Waals surface area contributed by atoms with Gasteiger partial charge in [-0.05, 0) is 23.8 Å². The fraction of sp³-hybridized carbons (Fsp3) is 0.294. The Morgan fingerprint density at radius 1 is 1.21 bits per heavy atom. The Bertz CT molecular complexity index is 966. The normalized spacial score (nSPS) is 11.9. The molecule has 1 aromatic carbocycles. The first-order valence-corrected chi connectivity index (χ1v) is 10.4. The van der Waals surface area contributed by atoms with Gasteiger partial charge in [0.15, 0.2) is 9.84 Å². The summed E-state index contributed by atoms with van der Waals surface area (Å²) >= 11 is 5.78. The maximum atomic E-state index is 12.6. The van der Waals surface area contributed by atoms with Gasteiger partial charge in [-0.2, -0.15) is 13.2 Å². The Balaban J connectivity index is 1.89. The number of nitrogens with zero attached hydrogens (tertiary/aromatic N) is 1. The van der Waals surface area contributed by atoms with Crippen LogP contribution in [0.1, 0.15) is 21.5 Å². The van der Waals surface area contributed by atoms with Gasteiger partial charge in [0.2, 0.25) is 0 Å². The van der Waals surface area contributed by atoms with Gasteiger partial charge in [0.25, 0.3) is 5.91 Å². The molecule has 0 bridgehead atoms. The number of anilines is 1. The van der Waals surface area contributed by atoms with E-state index in [-0.39, 0.29) is 29.7 Å². The van der Waals surface area contributed by atoms with Crippen molar-refractivity contribution in [3.05, 3.63) is 58.2 Å².